The van der Waals surface area contributed by atoms with E-state index >= 15 is 0 Å². The van der Waals surface area contributed by atoms with Crippen LogP contribution in [0.5, 0.6) is 5.75 Å². The number of hydrogen-bond acceptors (Lipinski definition) is 5. The molecule has 3 aromatic rings. The maximum atomic E-state index is 13.2. The summed E-state index contributed by atoms with van der Waals surface area (Å²) in [4.78, 5) is 14.2. The molecule has 0 saturated heterocycles. The van der Waals surface area contributed by atoms with E-state index in [2.05, 4.69) is 10.4 Å². The summed E-state index contributed by atoms with van der Waals surface area (Å²) in [5, 5.41) is 17.1. The van der Waals surface area contributed by atoms with Gasteiger partial charge < -0.3 is 10.4 Å². The number of rotatable bonds is 4. The Labute approximate surface area is 178 Å². The van der Waals surface area contributed by atoms with Gasteiger partial charge in [0.15, 0.2) is 9.84 Å². The van der Waals surface area contributed by atoms with Crippen LogP contribution < -0.4 is 10.2 Å². The van der Waals surface area contributed by atoms with Gasteiger partial charge in [-0.05, 0) is 54.8 Å². The lowest BCUT2D eigenvalue weighted by molar-refractivity contribution is 0.245. The second-order valence-corrected chi connectivity index (χ2v) is 9.34. The van der Waals surface area contributed by atoms with Crippen LogP contribution in [0.1, 0.15) is 17.7 Å². The van der Waals surface area contributed by atoms with Crippen molar-refractivity contribution in [1.82, 2.24) is 15.1 Å². The van der Waals surface area contributed by atoms with Crippen LogP contribution in [0.25, 0.3) is 5.69 Å². The molecule has 31 heavy (non-hydrogen) atoms. The second-order valence-electron chi connectivity index (χ2n) is 7.35. The number of sulfone groups is 1. The number of halogens is 1. The number of phenols is 1. The van der Waals surface area contributed by atoms with Crippen LogP contribution in [0.2, 0.25) is 0 Å². The average Bonchev–Trinajstić information content (AvgIpc) is 3.16. The Bertz CT molecular complexity index is 1240. The van der Waals surface area contributed by atoms with Gasteiger partial charge in [0.1, 0.15) is 16.5 Å². The molecule has 2 aromatic carbocycles. The number of aromatic nitrogens is 2. The molecule has 1 aliphatic heterocycles. The number of benzene rings is 2. The maximum Gasteiger partial charge on any atom is 0.322 e. The summed E-state index contributed by atoms with van der Waals surface area (Å²) in [6.45, 7) is 0.639. The van der Waals surface area contributed by atoms with Crippen molar-refractivity contribution in [2.75, 3.05) is 17.7 Å². The van der Waals surface area contributed by atoms with Crippen LogP contribution in [0.4, 0.5) is 14.9 Å². The molecule has 0 fully saturated rings. The zero-order valence-corrected chi connectivity index (χ0v) is 17.6. The number of anilines is 1. The molecule has 0 radical (unpaired) electrons. The summed E-state index contributed by atoms with van der Waals surface area (Å²) in [6.07, 6.45) is 4.11. The van der Waals surface area contributed by atoms with Crippen molar-refractivity contribution in [2.45, 2.75) is 24.3 Å². The Hall–Kier alpha value is -3.40. The smallest absolute Gasteiger partial charge is 0.322 e. The van der Waals surface area contributed by atoms with Crippen LogP contribution in [0, 0.1) is 5.82 Å². The fourth-order valence-corrected chi connectivity index (χ4v) is 4.38. The maximum absolute atomic E-state index is 13.2. The zero-order valence-electron chi connectivity index (χ0n) is 16.7. The minimum atomic E-state index is -3.53. The summed E-state index contributed by atoms with van der Waals surface area (Å²) in [6, 6.07) is 9.85. The van der Waals surface area contributed by atoms with E-state index in [0.717, 1.165) is 24.8 Å². The highest BCUT2D eigenvalue weighted by atomic mass is 32.2. The summed E-state index contributed by atoms with van der Waals surface area (Å²) in [5.74, 6) is -0.684. The average molecular weight is 444 g/mol. The monoisotopic (exact) mass is 444 g/mol. The van der Waals surface area contributed by atoms with Crippen LogP contribution in [0.3, 0.4) is 0 Å². The van der Waals surface area contributed by atoms with E-state index in [1.807, 2.05) is 0 Å². The zero-order chi connectivity index (χ0) is 22.2. The summed E-state index contributed by atoms with van der Waals surface area (Å²) < 4.78 is 38.2. The van der Waals surface area contributed by atoms with Crippen molar-refractivity contribution in [2.24, 2.45) is 0 Å². The molecule has 1 aliphatic rings. The third-order valence-corrected chi connectivity index (χ3v) is 6.26. The minimum absolute atomic E-state index is 0.119. The van der Waals surface area contributed by atoms with Crippen molar-refractivity contribution in [3.63, 3.8) is 0 Å². The largest absolute Gasteiger partial charge is 0.507 e. The summed E-state index contributed by atoms with van der Waals surface area (Å²) in [5.41, 5.74) is 2.83. The molecule has 8 nitrogen and oxygen atoms in total. The lowest BCUT2D eigenvalue weighted by Crippen LogP contribution is -2.42. The number of nitrogens with one attached hydrogen (secondary N) is 1. The normalized spacial score (nSPS) is 13.7. The van der Waals surface area contributed by atoms with Crippen molar-refractivity contribution in [1.29, 1.82) is 0 Å². The Morgan fingerprint density at radius 3 is 2.65 bits per heavy atom. The van der Waals surface area contributed by atoms with Gasteiger partial charge >= 0.3 is 6.03 Å². The van der Waals surface area contributed by atoms with Crippen molar-refractivity contribution in [3.8, 4) is 11.4 Å². The van der Waals surface area contributed by atoms with Gasteiger partial charge in [-0.15, -0.1) is 0 Å². The quantitative estimate of drug-likeness (QED) is 0.644. The van der Waals surface area contributed by atoms with E-state index in [9.17, 15) is 22.7 Å². The Kier molecular flexibility index (Phi) is 5.40. The predicted molar refractivity (Wildman–Crippen MR) is 113 cm³/mol. The van der Waals surface area contributed by atoms with Gasteiger partial charge in [0.25, 0.3) is 0 Å². The molecular formula is C21H21FN4O4S. The lowest BCUT2D eigenvalue weighted by atomic mass is 10.1. The summed E-state index contributed by atoms with van der Waals surface area (Å²) in [7, 11) is -3.53. The van der Waals surface area contributed by atoms with Gasteiger partial charge in [-0.25, -0.2) is 22.3 Å². The highest BCUT2D eigenvalue weighted by molar-refractivity contribution is 7.90. The molecule has 0 spiro atoms. The molecular weight excluding hydrogens is 423 g/mol. The molecule has 162 valence electrons. The van der Waals surface area contributed by atoms with Gasteiger partial charge in [-0.3, -0.25) is 4.90 Å². The van der Waals surface area contributed by atoms with Gasteiger partial charge in [0, 0.05) is 19.3 Å². The molecule has 1 aromatic heterocycles. The number of phenolic OH excluding ortho intramolecular Hbond substituents is 1. The SMILES string of the molecule is CS(=O)(=O)c1ccc(CNC(=O)N2CCCc3c2cnn3-c2ccc(F)cc2)cc1O. The molecule has 4 rings (SSSR count). The van der Waals surface area contributed by atoms with E-state index in [4.69, 9.17) is 0 Å². The van der Waals surface area contributed by atoms with Crippen LogP contribution in [0.15, 0.2) is 53.6 Å². The fourth-order valence-electron chi connectivity index (χ4n) is 3.62. The molecule has 0 bridgehead atoms. The Balaban J connectivity index is 1.50. The Morgan fingerprint density at radius 1 is 1.23 bits per heavy atom. The number of hydrogen-bond donors (Lipinski definition) is 2. The van der Waals surface area contributed by atoms with E-state index in [1.54, 1.807) is 34.0 Å². The molecule has 0 atom stereocenters. The molecule has 0 saturated carbocycles. The third kappa shape index (κ3) is 4.24. The second kappa shape index (κ2) is 8.03. The number of fused-ring (bicyclic) bond motifs is 1. The molecule has 0 unspecified atom stereocenters. The number of carbonyl (C=O) groups is 1. The standard InChI is InChI=1S/C21H21FN4O4S/c1-31(29,30)20-9-4-14(11-19(20)27)12-23-21(28)25-10-2-3-17-18(25)13-24-26(17)16-7-5-15(22)6-8-16/h4-9,11,13,27H,2-3,10,12H2,1H3,(H,23,28). The van der Waals surface area contributed by atoms with Crippen molar-refractivity contribution < 1.29 is 22.7 Å². The Morgan fingerprint density at radius 2 is 1.97 bits per heavy atom. The molecule has 2 amide bonds. The highest BCUT2D eigenvalue weighted by Gasteiger charge is 2.26. The number of aromatic hydroxyl groups is 1. The van der Waals surface area contributed by atoms with Crippen LogP contribution >= 0.6 is 0 Å². The number of nitrogens with zero attached hydrogens (tertiary/aromatic N) is 3. The molecule has 10 heteroatoms. The van der Waals surface area contributed by atoms with Gasteiger partial charge in [0.2, 0.25) is 0 Å². The summed E-state index contributed by atoms with van der Waals surface area (Å²) >= 11 is 0. The van der Waals surface area contributed by atoms with E-state index < -0.39 is 9.84 Å². The first-order valence-corrected chi connectivity index (χ1v) is 11.5. The first-order valence-electron chi connectivity index (χ1n) is 9.64. The predicted octanol–water partition coefficient (Wildman–Crippen LogP) is 2.78. The number of urea groups is 1. The van der Waals surface area contributed by atoms with Gasteiger partial charge in [-0.2, -0.15) is 5.10 Å². The molecule has 0 aliphatic carbocycles. The third-order valence-electron chi connectivity index (χ3n) is 5.12. The van der Waals surface area contributed by atoms with E-state index in [1.165, 1.54) is 24.3 Å². The van der Waals surface area contributed by atoms with Crippen molar-refractivity contribution in [3.05, 3.63) is 65.7 Å². The fraction of sp³-hybridized carbons (Fsp3) is 0.238. The van der Waals surface area contributed by atoms with Gasteiger partial charge in [0.05, 0.1) is 23.3 Å². The van der Waals surface area contributed by atoms with E-state index in [0.29, 0.717) is 23.5 Å². The molecule has 2 N–H and O–H groups in total. The topological polar surface area (TPSA) is 105 Å². The first-order chi connectivity index (χ1) is 14.7. The van der Waals surface area contributed by atoms with Crippen LogP contribution in [-0.4, -0.2) is 42.1 Å². The lowest BCUT2D eigenvalue weighted by Gasteiger charge is -2.27. The first kappa shape index (κ1) is 20.9. The minimum Gasteiger partial charge on any atom is -0.507 e. The molecule has 2 heterocycles. The van der Waals surface area contributed by atoms with E-state index in [-0.39, 0.29) is 29.0 Å². The number of amides is 2. The van der Waals surface area contributed by atoms with Gasteiger partial charge in [-0.1, -0.05) is 6.07 Å². The van der Waals surface area contributed by atoms with Crippen molar-refractivity contribution >= 4 is 21.6 Å². The highest BCUT2D eigenvalue weighted by Crippen LogP contribution is 2.29. The van der Waals surface area contributed by atoms with Crippen LogP contribution in [-0.2, 0) is 22.8 Å². The number of carbonyl (C=O) groups excluding carboxylic acids is 1.